The molecule has 0 aliphatic carbocycles. The van der Waals surface area contributed by atoms with Crippen LogP contribution in [0, 0.1) is 10.1 Å². The molecule has 30 heavy (non-hydrogen) atoms. The molecule has 9 heteroatoms. The lowest BCUT2D eigenvalue weighted by atomic mass is 10.1. The summed E-state index contributed by atoms with van der Waals surface area (Å²) in [7, 11) is 0. The van der Waals surface area contributed by atoms with Crippen LogP contribution >= 0.6 is 0 Å². The highest BCUT2D eigenvalue weighted by Crippen LogP contribution is 2.28. The number of nitrogens with zero attached hydrogens (tertiary/aromatic N) is 5. The van der Waals surface area contributed by atoms with Crippen molar-refractivity contribution in [3.63, 3.8) is 0 Å². The van der Waals surface area contributed by atoms with Crippen LogP contribution in [-0.2, 0) is 13.1 Å². The first-order valence-electron chi connectivity index (χ1n) is 9.82. The molecule has 4 rings (SSSR count). The van der Waals surface area contributed by atoms with Crippen LogP contribution in [0.15, 0.2) is 55.1 Å². The summed E-state index contributed by atoms with van der Waals surface area (Å²) in [5.74, 6) is -0.313. The van der Waals surface area contributed by atoms with Crippen molar-refractivity contribution in [1.82, 2.24) is 20.1 Å². The van der Waals surface area contributed by atoms with Crippen molar-refractivity contribution in [3.8, 4) is 0 Å². The summed E-state index contributed by atoms with van der Waals surface area (Å²) in [5, 5.41) is 18.2. The highest BCUT2D eigenvalue weighted by Gasteiger charge is 2.22. The summed E-state index contributed by atoms with van der Waals surface area (Å²) in [6.07, 6.45) is 5.26. The normalized spacial score (nSPS) is 13.4. The molecule has 0 atom stereocenters. The van der Waals surface area contributed by atoms with Crippen molar-refractivity contribution >= 4 is 17.3 Å². The van der Waals surface area contributed by atoms with Gasteiger partial charge >= 0.3 is 0 Å². The Morgan fingerprint density at radius 2 is 1.83 bits per heavy atom. The van der Waals surface area contributed by atoms with E-state index in [4.69, 9.17) is 0 Å². The number of carbonyl (C=O) groups is 1. The standard InChI is InChI=1S/C21H22N6O3/c28-21(19-11-18(27(29)30)7-8-20(19)25-9-1-2-10-25)23-12-16-3-5-17(6-4-16)13-26-15-22-14-24-26/h3-8,11,14-15H,1-2,9-10,12-13H2,(H,23,28). The molecule has 154 valence electrons. The molecule has 1 aromatic heterocycles. The van der Waals surface area contributed by atoms with Crippen LogP contribution in [0.1, 0.15) is 34.3 Å². The quantitative estimate of drug-likeness (QED) is 0.478. The highest BCUT2D eigenvalue weighted by molar-refractivity contribution is 6.00. The number of nitro groups is 1. The van der Waals surface area contributed by atoms with Crippen LogP contribution < -0.4 is 10.2 Å². The lowest BCUT2D eigenvalue weighted by Gasteiger charge is -2.21. The fourth-order valence-corrected chi connectivity index (χ4v) is 3.59. The average molecular weight is 406 g/mol. The minimum Gasteiger partial charge on any atom is -0.371 e. The number of rotatable bonds is 7. The summed E-state index contributed by atoms with van der Waals surface area (Å²) < 4.78 is 1.74. The maximum atomic E-state index is 12.9. The molecule has 3 aromatic rings. The summed E-state index contributed by atoms with van der Waals surface area (Å²) in [6, 6.07) is 12.3. The molecular weight excluding hydrogens is 384 g/mol. The van der Waals surface area contributed by atoms with Crippen molar-refractivity contribution in [2.75, 3.05) is 18.0 Å². The molecular formula is C21H22N6O3. The minimum atomic E-state index is -0.474. The molecule has 0 saturated carbocycles. The Labute approximate surface area is 173 Å². The second-order valence-corrected chi connectivity index (χ2v) is 7.24. The van der Waals surface area contributed by atoms with Crippen molar-refractivity contribution in [1.29, 1.82) is 0 Å². The van der Waals surface area contributed by atoms with Gasteiger partial charge < -0.3 is 10.2 Å². The third-order valence-corrected chi connectivity index (χ3v) is 5.17. The molecule has 1 N–H and O–H groups in total. The third kappa shape index (κ3) is 4.45. The van der Waals surface area contributed by atoms with Gasteiger partial charge in [0.2, 0.25) is 0 Å². The van der Waals surface area contributed by atoms with E-state index in [1.165, 1.54) is 18.5 Å². The first-order chi connectivity index (χ1) is 14.6. The Balaban J connectivity index is 1.45. The molecule has 2 aromatic carbocycles. The summed E-state index contributed by atoms with van der Waals surface area (Å²) in [4.78, 5) is 29.6. The van der Waals surface area contributed by atoms with Gasteiger partial charge in [-0.2, -0.15) is 5.10 Å². The number of hydrogen-bond donors (Lipinski definition) is 1. The molecule has 1 saturated heterocycles. The smallest absolute Gasteiger partial charge is 0.270 e. The van der Waals surface area contributed by atoms with E-state index in [0.29, 0.717) is 18.7 Å². The van der Waals surface area contributed by atoms with E-state index in [9.17, 15) is 14.9 Å². The van der Waals surface area contributed by atoms with Crippen LogP contribution in [0.4, 0.5) is 11.4 Å². The topological polar surface area (TPSA) is 106 Å². The van der Waals surface area contributed by atoms with Gasteiger partial charge in [0.15, 0.2) is 0 Å². The molecule has 0 radical (unpaired) electrons. The summed E-state index contributed by atoms with van der Waals surface area (Å²) >= 11 is 0. The number of non-ortho nitro benzene ring substituents is 1. The van der Waals surface area contributed by atoms with Crippen molar-refractivity contribution in [2.24, 2.45) is 0 Å². The van der Waals surface area contributed by atoms with Gasteiger partial charge in [-0.1, -0.05) is 24.3 Å². The molecule has 2 heterocycles. The first kappa shape index (κ1) is 19.6. The van der Waals surface area contributed by atoms with Gasteiger partial charge in [-0.3, -0.25) is 14.9 Å². The first-order valence-corrected chi connectivity index (χ1v) is 9.82. The molecule has 0 spiro atoms. The van der Waals surface area contributed by atoms with Gasteiger partial charge in [-0.15, -0.1) is 0 Å². The monoisotopic (exact) mass is 406 g/mol. The van der Waals surface area contributed by atoms with E-state index < -0.39 is 4.92 Å². The Bertz CT molecular complexity index is 1030. The average Bonchev–Trinajstić information content (AvgIpc) is 3.47. The fraction of sp³-hybridized carbons (Fsp3) is 0.286. The zero-order valence-corrected chi connectivity index (χ0v) is 16.4. The van der Waals surface area contributed by atoms with E-state index in [0.717, 1.165) is 42.7 Å². The van der Waals surface area contributed by atoms with E-state index in [2.05, 4.69) is 20.3 Å². The predicted molar refractivity (Wildman–Crippen MR) is 111 cm³/mol. The Kier molecular flexibility index (Phi) is 5.69. The second-order valence-electron chi connectivity index (χ2n) is 7.24. The molecule has 1 aliphatic heterocycles. The number of nitro benzene ring substituents is 1. The van der Waals surface area contributed by atoms with Crippen molar-refractivity contribution in [3.05, 3.63) is 81.9 Å². The number of amides is 1. The van der Waals surface area contributed by atoms with Gasteiger partial charge in [0, 0.05) is 31.8 Å². The number of benzene rings is 2. The molecule has 0 unspecified atom stereocenters. The zero-order chi connectivity index (χ0) is 20.9. The van der Waals surface area contributed by atoms with Gasteiger partial charge in [0.1, 0.15) is 12.7 Å². The Hall–Kier alpha value is -3.75. The fourth-order valence-electron chi connectivity index (χ4n) is 3.59. The number of anilines is 1. The van der Waals surface area contributed by atoms with Gasteiger partial charge in [-0.25, -0.2) is 9.67 Å². The highest BCUT2D eigenvalue weighted by atomic mass is 16.6. The molecule has 1 fully saturated rings. The Morgan fingerprint density at radius 3 is 2.50 bits per heavy atom. The number of nitrogens with one attached hydrogen (secondary N) is 1. The summed E-state index contributed by atoms with van der Waals surface area (Å²) in [6.45, 7) is 2.67. The van der Waals surface area contributed by atoms with Gasteiger partial charge in [0.25, 0.3) is 11.6 Å². The van der Waals surface area contributed by atoms with E-state index in [-0.39, 0.29) is 11.6 Å². The predicted octanol–water partition coefficient (Wildman–Crippen LogP) is 2.76. The number of hydrogen-bond acceptors (Lipinski definition) is 6. The molecule has 0 bridgehead atoms. The number of carbonyl (C=O) groups excluding carboxylic acids is 1. The van der Waals surface area contributed by atoms with Crippen LogP contribution in [0.2, 0.25) is 0 Å². The summed E-state index contributed by atoms with van der Waals surface area (Å²) in [5.41, 5.74) is 3.03. The molecule has 9 nitrogen and oxygen atoms in total. The van der Waals surface area contributed by atoms with E-state index >= 15 is 0 Å². The number of aromatic nitrogens is 3. The van der Waals surface area contributed by atoms with Crippen LogP contribution in [-0.4, -0.2) is 38.7 Å². The maximum absolute atomic E-state index is 12.9. The van der Waals surface area contributed by atoms with Gasteiger partial charge in [0.05, 0.1) is 22.7 Å². The largest absolute Gasteiger partial charge is 0.371 e. The van der Waals surface area contributed by atoms with Gasteiger partial charge in [-0.05, 0) is 30.0 Å². The van der Waals surface area contributed by atoms with Crippen LogP contribution in [0.5, 0.6) is 0 Å². The van der Waals surface area contributed by atoms with E-state index in [1.54, 1.807) is 17.1 Å². The molecule has 1 aliphatic rings. The van der Waals surface area contributed by atoms with Crippen molar-refractivity contribution in [2.45, 2.75) is 25.9 Å². The van der Waals surface area contributed by atoms with E-state index in [1.807, 2.05) is 24.3 Å². The van der Waals surface area contributed by atoms with Crippen LogP contribution in [0.25, 0.3) is 0 Å². The second kappa shape index (κ2) is 8.73. The zero-order valence-electron chi connectivity index (χ0n) is 16.4. The maximum Gasteiger partial charge on any atom is 0.270 e. The lowest BCUT2D eigenvalue weighted by Crippen LogP contribution is -2.27. The van der Waals surface area contributed by atoms with Crippen LogP contribution in [0.3, 0.4) is 0 Å². The SMILES string of the molecule is O=C(NCc1ccc(Cn2cncn2)cc1)c1cc([N+](=O)[O-])ccc1N1CCCC1. The van der Waals surface area contributed by atoms with Crippen molar-refractivity contribution < 1.29 is 9.72 Å². The Morgan fingerprint density at radius 1 is 1.10 bits per heavy atom. The lowest BCUT2D eigenvalue weighted by molar-refractivity contribution is -0.384. The third-order valence-electron chi connectivity index (χ3n) is 5.17. The molecule has 1 amide bonds. The minimum absolute atomic E-state index is 0.0828.